The molecule has 1 nitrogen and oxygen atoms in total. The SMILES string of the molecule is CC/C(C)=C(F)\C=C(/C)N(C)C. The van der Waals surface area contributed by atoms with Crippen LogP contribution >= 0.6 is 0 Å². The van der Waals surface area contributed by atoms with Crippen LogP contribution in [0, 0.1) is 0 Å². The van der Waals surface area contributed by atoms with Gasteiger partial charge in [-0.2, -0.15) is 0 Å². The van der Waals surface area contributed by atoms with Gasteiger partial charge in [0.25, 0.3) is 0 Å². The van der Waals surface area contributed by atoms with E-state index in [-0.39, 0.29) is 5.83 Å². The number of halogens is 1. The molecule has 12 heavy (non-hydrogen) atoms. The minimum atomic E-state index is -0.108. The Morgan fingerprint density at radius 1 is 1.33 bits per heavy atom. The molecule has 70 valence electrons. The highest BCUT2D eigenvalue weighted by Crippen LogP contribution is 2.13. The second-order valence-electron chi connectivity index (χ2n) is 3.16. The van der Waals surface area contributed by atoms with Gasteiger partial charge in [0.15, 0.2) is 0 Å². The Kier molecular flexibility index (Phi) is 4.64. The summed E-state index contributed by atoms with van der Waals surface area (Å²) in [5.74, 6) is -0.108. The van der Waals surface area contributed by atoms with Crippen molar-refractivity contribution >= 4 is 0 Å². The maximum absolute atomic E-state index is 13.2. The number of nitrogens with zero attached hydrogens (tertiary/aromatic N) is 1. The molecule has 0 atom stereocenters. The zero-order valence-corrected chi connectivity index (χ0v) is 8.61. The Morgan fingerprint density at radius 3 is 2.17 bits per heavy atom. The summed E-state index contributed by atoms with van der Waals surface area (Å²) in [6.45, 7) is 5.66. The summed E-state index contributed by atoms with van der Waals surface area (Å²) in [5, 5.41) is 0. The molecule has 0 aliphatic carbocycles. The predicted octanol–water partition coefficient (Wildman–Crippen LogP) is 3.11. The zero-order chi connectivity index (χ0) is 9.72. The van der Waals surface area contributed by atoms with E-state index in [4.69, 9.17) is 0 Å². The molecule has 0 saturated heterocycles. The fourth-order valence-electron chi connectivity index (χ4n) is 0.605. The molecule has 2 heteroatoms. The van der Waals surface area contributed by atoms with Crippen LogP contribution in [0.4, 0.5) is 4.39 Å². The second kappa shape index (κ2) is 4.96. The lowest BCUT2D eigenvalue weighted by molar-refractivity contribution is 0.508. The first-order valence-corrected chi connectivity index (χ1v) is 4.20. The summed E-state index contributed by atoms with van der Waals surface area (Å²) in [6.07, 6.45) is 2.34. The molecular weight excluding hydrogens is 153 g/mol. The van der Waals surface area contributed by atoms with E-state index in [9.17, 15) is 4.39 Å². The molecule has 0 saturated carbocycles. The molecule has 0 aromatic rings. The molecule has 0 N–H and O–H groups in total. The van der Waals surface area contributed by atoms with Crippen LogP contribution in [-0.4, -0.2) is 19.0 Å². The monoisotopic (exact) mass is 171 g/mol. The molecule has 0 aliphatic rings. The Hall–Kier alpha value is -0.790. The fraction of sp³-hybridized carbons (Fsp3) is 0.600. The van der Waals surface area contributed by atoms with Crippen molar-refractivity contribution in [2.45, 2.75) is 27.2 Å². The molecule has 0 aliphatic heterocycles. The Bertz CT molecular complexity index is 202. The third-order valence-electron chi connectivity index (χ3n) is 1.98. The molecule has 0 fully saturated rings. The maximum atomic E-state index is 13.2. The Morgan fingerprint density at radius 2 is 1.83 bits per heavy atom. The Balaban J connectivity index is 4.53. The van der Waals surface area contributed by atoms with Gasteiger partial charge in [0.2, 0.25) is 0 Å². The highest BCUT2D eigenvalue weighted by Gasteiger charge is 1.97. The van der Waals surface area contributed by atoms with Crippen molar-refractivity contribution in [1.82, 2.24) is 4.90 Å². The summed E-state index contributed by atoms with van der Waals surface area (Å²) in [4.78, 5) is 1.89. The quantitative estimate of drug-likeness (QED) is 0.590. The van der Waals surface area contributed by atoms with Gasteiger partial charge in [-0.15, -0.1) is 0 Å². The smallest absolute Gasteiger partial charge is 0.123 e. The van der Waals surface area contributed by atoms with Crippen LogP contribution in [0.15, 0.2) is 23.2 Å². The second-order valence-corrected chi connectivity index (χ2v) is 3.16. The van der Waals surface area contributed by atoms with Crippen molar-refractivity contribution in [3.63, 3.8) is 0 Å². The van der Waals surface area contributed by atoms with Crippen molar-refractivity contribution in [2.24, 2.45) is 0 Å². The molecule has 0 bridgehead atoms. The predicted molar refractivity (Wildman–Crippen MR) is 51.5 cm³/mol. The highest BCUT2D eigenvalue weighted by molar-refractivity contribution is 5.20. The molecular formula is C10H18FN. The van der Waals surface area contributed by atoms with Crippen LogP contribution < -0.4 is 0 Å². The maximum Gasteiger partial charge on any atom is 0.123 e. The van der Waals surface area contributed by atoms with E-state index in [2.05, 4.69) is 0 Å². The summed E-state index contributed by atoms with van der Waals surface area (Å²) < 4.78 is 13.2. The summed E-state index contributed by atoms with van der Waals surface area (Å²) in [5.41, 5.74) is 1.73. The topological polar surface area (TPSA) is 3.24 Å². The van der Waals surface area contributed by atoms with Gasteiger partial charge < -0.3 is 4.90 Å². The van der Waals surface area contributed by atoms with E-state index in [1.165, 1.54) is 0 Å². The van der Waals surface area contributed by atoms with E-state index >= 15 is 0 Å². The molecule has 0 amide bonds. The van der Waals surface area contributed by atoms with E-state index in [1.54, 1.807) is 6.08 Å². The summed E-state index contributed by atoms with van der Waals surface area (Å²) in [7, 11) is 3.81. The standard InChI is InChI=1S/C10H18FN/c1-6-8(2)10(11)7-9(3)12(4)5/h7H,6H2,1-5H3/b9-7+,10-8+. The van der Waals surface area contributed by atoms with E-state index < -0.39 is 0 Å². The lowest BCUT2D eigenvalue weighted by Crippen LogP contribution is -2.07. The van der Waals surface area contributed by atoms with Crippen LogP contribution in [0.3, 0.4) is 0 Å². The van der Waals surface area contributed by atoms with Crippen molar-refractivity contribution in [3.8, 4) is 0 Å². The lowest BCUT2D eigenvalue weighted by atomic mass is 10.2. The molecule has 0 aromatic carbocycles. The largest absolute Gasteiger partial charge is 0.381 e. The molecule has 0 aromatic heterocycles. The van der Waals surface area contributed by atoms with Gasteiger partial charge >= 0.3 is 0 Å². The van der Waals surface area contributed by atoms with Gasteiger partial charge in [-0.3, -0.25) is 0 Å². The van der Waals surface area contributed by atoms with Gasteiger partial charge in [-0.1, -0.05) is 6.92 Å². The number of allylic oxidation sites excluding steroid dienone is 4. The third kappa shape index (κ3) is 3.56. The molecule has 0 radical (unpaired) electrons. The van der Waals surface area contributed by atoms with E-state index in [1.807, 2.05) is 39.8 Å². The van der Waals surface area contributed by atoms with Gasteiger partial charge in [0.05, 0.1) is 0 Å². The minimum Gasteiger partial charge on any atom is -0.381 e. The van der Waals surface area contributed by atoms with Gasteiger partial charge in [0.1, 0.15) is 5.83 Å². The average molecular weight is 171 g/mol. The summed E-state index contributed by atoms with van der Waals surface area (Å²) in [6, 6.07) is 0. The number of hydrogen-bond donors (Lipinski definition) is 0. The highest BCUT2D eigenvalue weighted by atomic mass is 19.1. The normalized spacial score (nSPS) is 14.3. The molecule has 0 unspecified atom stereocenters. The van der Waals surface area contributed by atoms with Crippen LogP contribution in [-0.2, 0) is 0 Å². The van der Waals surface area contributed by atoms with Crippen LogP contribution in [0.1, 0.15) is 27.2 Å². The van der Waals surface area contributed by atoms with Gasteiger partial charge in [-0.05, 0) is 31.9 Å². The average Bonchev–Trinajstić information content (AvgIpc) is 2.02. The first-order valence-electron chi connectivity index (χ1n) is 4.20. The first kappa shape index (κ1) is 11.2. The van der Waals surface area contributed by atoms with Crippen molar-refractivity contribution in [2.75, 3.05) is 14.1 Å². The fourth-order valence-corrected chi connectivity index (χ4v) is 0.605. The van der Waals surface area contributed by atoms with Gasteiger partial charge in [0, 0.05) is 19.8 Å². The van der Waals surface area contributed by atoms with Crippen molar-refractivity contribution in [3.05, 3.63) is 23.2 Å². The third-order valence-corrected chi connectivity index (χ3v) is 1.98. The minimum absolute atomic E-state index is 0.108. The first-order chi connectivity index (χ1) is 5.49. The van der Waals surface area contributed by atoms with Crippen LogP contribution in [0.2, 0.25) is 0 Å². The molecule has 0 rings (SSSR count). The number of rotatable bonds is 3. The van der Waals surface area contributed by atoms with Crippen LogP contribution in [0.25, 0.3) is 0 Å². The number of hydrogen-bond acceptors (Lipinski definition) is 1. The summed E-state index contributed by atoms with van der Waals surface area (Å²) >= 11 is 0. The van der Waals surface area contributed by atoms with E-state index in [0.29, 0.717) is 0 Å². The van der Waals surface area contributed by atoms with Crippen LogP contribution in [0.5, 0.6) is 0 Å². The van der Waals surface area contributed by atoms with Crippen molar-refractivity contribution in [1.29, 1.82) is 0 Å². The molecule has 0 heterocycles. The lowest BCUT2D eigenvalue weighted by Gasteiger charge is -2.12. The van der Waals surface area contributed by atoms with Crippen molar-refractivity contribution < 1.29 is 4.39 Å². The zero-order valence-electron chi connectivity index (χ0n) is 8.61. The van der Waals surface area contributed by atoms with E-state index in [0.717, 1.165) is 17.7 Å². The molecule has 0 spiro atoms. The van der Waals surface area contributed by atoms with Gasteiger partial charge in [-0.25, -0.2) is 4.39 Å². The Labute approximate surface area is 74.6 Å².